The van der Waals surface area contributed by atoms with Crippen LogP contribution in [0.2, 0.25) is 0 Å². The molecule has 3 rings (SSSR count). The second kappa shape index (κ2) is 5.19. The lowest BCUT2D eigenvalue weighted by molar-refractivity contribution is 0.0284. The van der Waals surface area contributed by atoms with Gasteiger partial charge in [-0.3, -0.25) is 9.89 Å². The van der Waals surface area contributed by atoms with Crippen molar-refractivity contribution in [1.29, 1.82) is 0 Å². The van der Waals surface area contributed by atoms with Crippen LogP contribution >= 0.6 is 0 Å². The summed E-state index contributed by atoms with van der Waals surface area (Å²) in [5, 5.41) is 8.95. The van der Waals surface area contributed by atoms with Gasteiger partial charge in [0.25, 0.3) is 5.91 Å². The summed E-state index contributed by atoms with van der Waals surface area (Å²) < 4.78 is 5.71. The van der Waals surface area contributed by atoms with Crippen molar-refractivity contribution in [2.45, 2.75) is 19.1 Å². The number of hydrogen-bond donors (Lipinski definition) is 2. The number of amides is 1. The Kier molecular flexibility index (Phi) is 3.24. The SMILES string of the molecule is O=C(NCC1Cc2ccccc2CO1)c1ncn[nH]1. The Morgan fingerprint density at radius 1 is 1.42 bits per heavy atom. The van der Waals surface area contributed by atoms with Crippen molar-refractivity contribution in [1.82, 2.24) is 20.5 Å². The minimum atomic E-state index is -0.264. The van der Waals surface area contributed by atoms with Crippen LogP contribution in [-0.4, -0.2) is 33.7 Å². The first-order valence-corrected chi connectivity index (χ1v) is 6.15. The minimum Gasteiger partial charge on any atom is -0.371 e. The van der Waals surface area contributed by atoms with Gasteiger partial charge in [-0.25, -0.2) is 4.98 Å². The predicted molar refractivity (Wildman–Crippen MR) is 67.4 cm³/mol. The average molecular weight is 258 g/mol. The molecule has 98 valence electrons. The molecule has 2 N–H and O–H groups in total. The molecule has 1 aliphatic rings. The Hall–Kier alpha value is -2.21. The van der Waals surface area contributed by atoms with E-state index in [0.29, 0.717) is 13.2 Å². The molecule has 6 nitrogen and oxygen atoms in total. The predicted octanol–water partition coefficient (Wildman–Crippen LogP) is 0.676. The molecule has 1 amide bonds. The molecule has 0 saturated carbocycles. The van der Waals surface area contributed by atoms with Crippen molar-refractivity contribution in [3.63, 3.8) is 0 Å². The highest BCUT2D eigenvalue weighted by Crippen LogP contribution is 2.19. The van der Waals surface area contributed by atoms with Crippen LogP contribution in [0, 0.1) is 0 Å². The van der Waals surface area contributed by atoms with E-state index < -0.39 is 0 Å². The van der Waals surface area contributed by atoms with E-state index in [4.69, 9.17) is 4.74 Å². The maximum absolute atomic E-state index is 11.7. The molecule has 6 heteroatoms. The lowest BCUT2D eigenvalue weighted by Gasteiger charge is -2.25. The second-order valence-electron chi connectivity index (χ2n) is 4.45. The summed E-state index contributed by atoms with van der Waals surface area (Å²) in [7, 11) is 0. The Balaban J connectivity index is 1.57. The number of rotatable bonds is 3. The molecule has 0 saturated heterocycles. The van der Waals surface area contributed by atoms with Crippen molar-refractivity contribution in [3.8, 4) is 0 Å². The van der Waals surface area contributed by atoms with E-state index in [1.807, 2.05) is 12.1 Å². The number of H-pyrrole nitrogens is 1. The third-order valence-corrected chi connectivity index (χ3v) is 3.16. The van der Waals surface area contributed by atoms with Gasteiger partial charge in [-0.15, -0.1) is 0 Å². The monoisotopic (exact) mass is 258 g/mol. The topological polar surface area (TPSA) is 79.9 Å². The fraction of sp³-hybridized carbons (Fsp3) is 0.308. The van der Waals surface area contributed by atoms with Crippen LogP contribution < -0.4 is 5.32 Å². The van der Waals surface area contributed by atoms with Crippen LogP contribution in [0.1, 0.15) is 21.7 Å². The van der Waals surface area contributed by atoms with Gasteiger partial charge >= 0.3 is 0 Å². The molecule has 1 atom stereocenters. The first-order valence-electron chi connectivity index (χ1n) is 6.15. The smallest absolute Gasteiger partial charge is 0.288 e. The Labute approximate surface area is 110 Å². The van der Waals surface area contributed by atoms with Gasteiger partial charge in [0.2, 0.25) is 5.82 Å². The van der Waals surface area contributed by atoms with Crippen molar-refractivity contribution in [2.24, 2.45) is 0 Å². The van der Waals surface area contributed by atoms with Gasteiger partial charge in [0, 0.05) is 13.0 Å². The molecular weight excluding hydrogens is 244 g/mol. The van der Waals surface area contributed by atoms with Crippen LogP contribution in [0.25, 0.3) is 0 Å². The van der Waals surface area contributed by atoms with Gasteiger partial charge in [0.05, 0.1) is 12.7 Å². The molecule has 0 fully saturated rings. The average Bonchev–Trinajstić information content (AvgIpc) is 2.99. The quantitative estimate of drug-likeness (QED) is 0.848. The van der Waals surface area contributed by atoms with Crippen LogP contribution in [0.3, 0.4) is 0 Å². The number of benzene rings is 1. The highest BCUT2D eigenvalue weighted by Gasteiger charge is 2.19. The third-order valence-electron chi connectivity index (χ3n) is 3.16. The van der Waals surface area contributed by atoms with Gasteiger partial charge in [-0.1, -0.05) is 24.3 Å². The van der Waals surface area contributed by atoms with E-state index in [2.05, 4.69) is 32.6 Å². The van der Waals surface area contributed by atoms with Gasteiger partial charge in [-0.2, -0.15) is 5.10 Å². The van der Waals surface area contributed by atoms with Gasteiger partial charge < -0.3 is 10.1 Å². The lowest BCUT2D eigenvalue weighted by atomic mass is 9.99. The number of fused-ring (bicyclic) bond motifs is 1. The summed E-state index contributed by atoms with van der Waals surface area (Å²) in [6.45, 7) is 1.06. The summed E-state index contributed by atoms with van der Waals surface area (Å²) in [4.78, 5) is 15.5. The van der Waals surface area contributed by atoms with E-state index in [1.54, 1.807) is 0 Å². The summed E-state index contributed by atoms with van der Waals surface area (Å²) in [5.74, 6) is -0.0452. The Bertz CT molecular complexity index is 568. The summed E-state index contributed by atoms with van der Waals surface area (Å²) in [6.07, 6.45) is 2.12. The fourth-order valence-electron chi connectivity index (χ4n) is 2.15. The molecule has 0 aliphatic carbocycles. The summed E-state index contributed by atoms with van der Waals surface area (Å²) in [6, 6.07) is 8.20. The summed E-state index contributed by atoms with van der Waals surface area (Å²) >= 11 is 0. The molecule has 19 heavy (non-hydrogen) atoms. The zero-order valence-corrected chi connectivity index (χ0v) is 10.3. The lowest BCUT2D eigenvalue weighted by Crippen LogP contribution is -2.37. The fourth-order valence-corrected chi connectivity index (χ4v) is 2.15. The van der Waals surface area contributed by atoms with E-state index in [-0.39, 0.29) is 17.8 Å². The van der Waals surface area contributed by atoms with Crippen LogP contribution in [0.4, 0.5) is 0 Å². The molecule has 1 aromatic heterocycles. The van der Waals surface area contributed by atoms with E-state index in [1.165, 1.54) is 17.5 Å². The van der Waals surface area contributed by atoms with E-state index in [0.717, 1.165) is 6.42 Å². The van der Waals surface area contributed by atoms with Gasteiger partial charge in [0.15, 0.2) is 0 Å². The van der Waals surface area contributed by atoms with Gasteiger partial charge in [-0.05, 0) is 11.1 Å². The van der Waals surface area contributed by atoms with Gasteiger partial charge in [0.1, 0.15) is 6.33 Å². The number of carbonyl (C=O) groups excluding carboxylic acids is 1. The van der Waals surface area contributed by atoms with Crippen molar-refractivity contribution in [2.75, 3.05) is 6.54 Å². The number of aromatic nitrogens is 3. The maximum Gasteiger partial charge on any atom is 0.288 e. The zero-order chi connectivity index (χ0) is 13.1. The number of carbonyl (C=O) groups is 1. The highest BCUT2D eigenvalue weighted by molar-refractivity contribution is 5.90. The molecule has 1 aliphatic heterocycles. The summed E-state index contributed by atoms with van der Waals surface area (Å²) in [5.41, 5.74) is 2.51. The first kappa shape index (κ1) is 11.9. The number of hydrogen-bond acceptors (Lipinski definition) is 4. The maximum atomic E-state index is 11.7. The Morgan fingerprint density at radius 2 is 2.26 bits per heavy atom. The van der Waals surface area contributed by atoms with Crippen LogP contribution in [0.5, 0.6) is 0 Å². The number of ether oxygens (including phenoxy) is 1. The highest BCUT2D eigenvalue weighted by atomic mass is 16.5. The zero-order valence-electron chi connectivity index (χ0n) is 10.3. The van der Waals surface area contributed by atoms with Crippen LogP contribution in [0.15, 0.2) is 30.6 Å². The Morgan fingerprint density at radius 3 is 3.05 bits per heavy atom. The van der Waals surface area contributed by atoms with E-state index >= 15 is 0 Å². The molecule has 0 spiro atoms. The molecule has 2 heterocycles. The van der Waals surface area contributed by atoms with Crippen molar-refractivity contribution < 1.29 is 9.53 Å². The molecule has 0 radical (unpaired) electrons. The second-order valence-corrected chi connectivity index (χ2v) is 4.45. The largest absolute Gasteiger partial charge is 0.371 e. The molecule has 2 aromatic rings. The molecule has 1 aromatic carbocycles. The number of aromatic amines is 1. The number of nitrogens with one attached hydrogen (secondary N) is 2. The first-order chi connectivity index (χ1) is 9.33. The number of nitrogens with zero attached hydrogens (tertiary/aromatic N) is 2. The minimum absolute atomic E-state index is 0.00164. The molecule has 1 unspecified atom stereocenters. The van der Waals surface area contributed by atoms with Crippen LogP contribution in [-0.2, 0) is 17.8 Å². The standard InChI is InChI=1S/C13H14N4O2/c18-13(12-15-8-16-17-12)14-6-11-5-9-3-1-2-4-10(9)7-19-11/h1-4,8,11H,5-7H2,(H,14,18)(H,15,16,17). The normalized spacial score (nSPS) is 17.8. The van der Waals surface area contributed by atoms with E-state index in [9.17, 15) is 4.79 Å². The van der Waals surface area contributed by atoms with Crippen molar-refractivity contribution >= 4 is 5.91 Å². The third kappa shape index (κ3) is 2.63. The van der Waals surface area contributed by atoms with Crippen molar-refractivity contribution in [3.05, 3.63) is 47.5 Å². The molecular formula is C13H14N4O2. The molecule has 0 bridgehead atoms.